The molecule has 0 aliphatic rings. The molecule has 9 heteroatoms. The summed E-state index contributed by atoms with van der Waals surface area (Å²) in [7, 11) is 1.64. The number of benzene rings is 3. The number of hydrogen-bond donors (Lipinski definition) is 0. The fraction of sp³-hybridized carbons (Fsp3) is 0.125. The lowest BCUT2D eigenvalue weighted by molar-refractivity contribution is 0.415. The van der Waals surface area contributed by atoms with Crippen molar-refractivity contribution < 1.29 is 4.74 Å². The number of thioether (sulfide) groups is 1. The Kier molecular flexibility index (Phi) is 5.62. The van der Waals surface area contributed by atoms with Crippen LogP contribution >= 0.6 is 11.8 Å². The molecule has 33 heavy (non-hydrogen) atoms. The summed E-state index contributed by atoms with van der Waals surface area (Å²) < 4.78 is 8.59. The van der Waals surface area contributed by atoms with Crippen molar-refractivity contribution >= 4 is 22.7 Å². The summed E-state index contributed by atoms with van der Waals surface area (Å²) in [6, 6.07) is 23.0. The first-order valence-electron chi connectivity index (χ1n) is 10.3. The summed E-state index contributed by atoms with van der Waals surface area (Å²) >= 11 is 1.37. The van der Waals surface area contributed by atoms with Crippen LogP contribution in [0.25, 0.3) is 28.0 Å². The second-order valence-electron chi connectivity index (χ2n) is 7.39. The molecule has 0 atom stereocenters. The van der Waals surface area contributed by atoms with E-state index in [9.17, 15) is 4.79 Å². The maximum absolute atomic E-state index is 12.8. The number of rotatable bonds is 6. The average Bonchev–Trinajstić information content (AvgIpc) is 3.28. The molecule has 0 saturated carbocycles. The molecule has 0 radical (unpaired) electrons. The number of methoxy groups -OCH3 is 1. The third kappa shape index (κ3) is 4.10. The van der Waals surface area contributed by atoms with Crippen LogP contribution in [0.3, 0.4) is 0 Å². The van der Waals surface area contributed by atoms with Gasteiger partial charge >= 0.3 is 0 Å². The SMILES string of the molecule is COc1ccc(-c2nnc(SCn3nnc4ccccc4c3=O)n2-c2ccc(C)cc2)cc1. The molecule has 5 aromatic rings. The summed E-state index contributed by atoms with van der Waals surface area (Å²) in [6.45, 7) is 2.04. The Labute approximate surface area is 193 Å². The predicted octanol–water partition coefficient (Wildman–Crippen LogP) is 4.11. The Morgan fingerprint density at radius 3 is 2.42 bits per heavy atom. The number of hydrogen-bond acceptors (Lipinski definition) is 7. The van der Waals surface area contributed by atoms with Crippen molar-refractivity contribution in [3.8, 4) is 22.8 Å². The van der Waals surface area contributed by atoms with Gasteiger partial charge in [0.05, 0.1) is 18.4 Å². The van der Waals surface area contributed by atoms with Crippen molar-refractivity contribution in [2.75, 3.05) is 7.11 Å². The van der Waals surface area contributed by atoms with Crippen LogP contribution in [-0.4, -0.2) is 36.9 Å². The zero-order valence-corrected chi connectivity index (χ0v) is 18.9. The molecule has 0 fully saturated rings. The molecule has 0 bridgehead atoms. The second-order valence-corrected chi connectivity index (χ2v) is 8.30. The first-order chi connectivity index (χ1) is 16.1. The number of nitrogens with zero attached hydrogens (tertiary/aromatic N) is 6. The minimum Gasteiger partial charge on any atom is -0.497 e. The molecule has 8 nitrogen and oxygen atoms in total. The van der Waals surface area contributed by atoms with Gasteiger partial charge in [-0.25, -0.2) is 0 Å². The molecule has 0 unspecified atom stereocenters. The molecule has 2 heterocycles. The molecular formula is C24H20N6O2S. The van der Waals surface area contributed by atoms with E-state index < -0.39 is 0 Å². The van der Waals surface area contributed by atoms with Crippen molar-refractivity contribution in [3.05, 3.63) is 88.7 Å². The standard InChI is InChI=1S/C24H20N6O2S/c1-16-7-11-18(12-8-16)30-22(17-9-13-19(32-2)14-10-17)26-27-24(30)33-15-29-23(31)20-5-3-4-6-21(20)25-28-29/h3-14H,15H2,1-2H3. The van der Waals surface area contributed by atoms with Crippen LogP contribution in [0.4, 0.5) is 0 Å². The highest BCUT2D eigenvalue weighted by Crippen LogP contribution is 2.29. The molecule has 2 aromatic heterocycles. The Bertz CT molecular complexity index is 1480. The summed E-state index contributed by atoms with van der Waals surface area (Å²) in [5.74, 6) is 1.72. The van der Waals surface area contributed by atoms with Crippen molar-refractivity contribution in [2.45, 2.75) is 18.0 Å². The van der Waals surface area contributed by atoms with Crippen molar-refractivity contribution in [1.82, 2.24) is 29.8 Å². The lowest BCUT2D eigenvalue weighted by atomic mass is 10.2. The number of aromatic nitrogens is 6. The predicted molar refractivity (Wildman–Crippen MR) is 128 cm³/mol. The van der Waals surface area contributed by atoms with Gasteiger partial charge in [-0.1, -0.05) is 46.8 Å². The molecule has 0 saturated heterocycles. The fourth-order valence-electron chi connectivity index (χ4n) is 3.44. The van der Waals surface area contributed by atoms with E-state index in [2.05, 4.69) is 20.5 Å². The van der Waals surface area contributed by atoms with Gasteiger partial charge in [-0.15, -0.1) is 15.3 Å². The minimum absolute atomic E-state index is 0.190. The smallest absolute Gasteiger partial charge is 0.278 e. The van der Waals surface area contributed by atoms with Gasteiger partial charge in [0.1, 0.15) is 11.3 Å². The number of fused-ring (bicyclic) bond motifs is 1. The number of ether oxygens (including phenoxy) is 1. The minimum atomic E-state index is -0.190. The third-order valence-corrected chi connectivity index (χ3v) is 6.12. The molecule has 164 valence electrons. The Morgan fingerprint density at radius 2 is 1.67 bits per heavy atom. The first-order valence-corrected chi connectivity index (χ1v) is 11.2. The zero-order valence-electron chi connectivity index (χ0n) is 18.0. The molecule has 0 aliphatic heterocycles. The first kappa shape index (κ1) is 20.9. The van der Waals surface area contributed by atoms with Gasteiger partial charge in [0.15, 0.2) is 11.0 Å². The molecule has 3 aromatic carbocycles. The van der Waals surface area contributed by atoms with E-state index in [0.717, 1.165) is 22.6 Å². The fourth-order valence-corrected chi connectivity index (χ4v) is 4.27. The second kappa shape index (κ2) is 8.87. The molecule has 0 spiro atoms. The topological polar surface area (TPSA) is 87.7 Å². The van der Waals surface area contributed by atoms with Gasteiger partial charge < -0.3 is 4.74 Å². The van der Waals surface area contributed by atoms with Crippen LogP contribution in [0.1, 0.15) is 5.56 Å². The lowest BCUT2D eigenvalue weighted by Crippen LogP contribution is -2.23. The van der Waals surface area contributed by atoms with Crippen molar-refractivity contribution in [1.29, 1.82) is 0 Å². The molecule has 0 amide bonds. The summed E-state index contributed by atoms with van der Waals surface area (Å²) in [4.78, 5) is 12.8. The van der Waals surface area contributed by atoms with Crippen molar-refractivity contribution in [2.24, 2.45) is 0 Å². The highest BCUT2D eigenvalue weighted by atomic mass is 32.2. The average molecular weight is 457 g/mol. The Hall–Kier alpha value is -3.98. The quantitative estimate of drug-likeness (QED) is 0.355. The summed E-state index contributed by atoms with van der Waals surface area (Å²) in [5.41, 5.74) is 3.37. The molecule has 0 aliphatic carbocycles. The van der Waals surface area contributed by atoms with Crippen LogP contribution in [0.2, 0.25) is 0 Å². The van der Waals surface area contributed by atoms with E-state index in [1.165, 1.54) is 16.4 Å². The maximum Gasteiger partial charge on any atom is 0.278 e. The molecular weight excluding hydrogens is 436 g/mol. The van der Waals surface area contributed by atoms with E-state index in [0.29, 0.717) is 21.9 Å². The Morgan fingerprint density at radius 1 is 0.909 bits per heavy atom. The van der Waals surface area contributed by atoms with E-state index in [4.69, 9.17) is 4.74 Å². The maximum atomic E-state index is 12.8. The van der Waals surface area contributed by atoms with Gasteiger partial charge in [0.2, 0.25) is 0 Å². The summed E-state index contributed by atoms with van der Waals surface area (Å²) in [5, 5.41) is 18.3. The van der Waals surface area contributed by atoms with Gasteiger partial charge in [0.25, 0.3) is 5.56 Å². The van der Waals surface area contributed by atoms with E-state index in [-0.39, 0.29) is 11.4 Å². The molecule has 0 N–H and O–H groups in total. The van der Waals surface area contributed by atoms with E-state index in [1.54, 1.807) is 19.2 Å². The van der Waals surface area contributed by atoms with Crippen LogP contribution in [0.5, 0.6) is 5.75 Å². The largest absolute Gasteiger partial charge is 0.497 e. The van der Waals surface area contributed by atoms with E-state index >= 15 is 0 Å². The van der Waals surface area contributed by atoms with Crippen LogP contribution in [-0.2, 0) is 5.88 Å². The van der Waals surface area contributed by atoms with Gasteiger partial charge in [-0.05, 0) is 55.5 Å². The lowest BCUT2D eigenvalue weighted by Gasteiger charge is -2.11. The van der Waals surface area contributed by atoms with Crippen molar-refractivity contribution in [3.63, 3.8) is 0 Å². The number of aryl methyl sites for hydroxylation is 1. The van der Waals surface area contributed by atoms with Crippen LogP contribution < -0.4 is 10.3 Å². The summed E-state index contributed by atoms with van der Waals surface area (Å²) in [6.07, 6.45) is 0. The highest BCUT2D eigenvalue weighted by Gasteiger charge is 2.17. The highest BCUT2D eigenvalue weighted by molar-refractivity contribution is 7.98. The van der Waals surface area contributed by atoms with Gasteiger partial charge in [0, 0.05) is 11.3 Å². The normalized spacial score (nSPS) is 11.1. The van der Waals surface area contributed by atoms with Crippen LogP contribution in [0.15, 0.2) is 82.7 Å². The monoisotopic (exact) mass is 456 g/mol. The van der Waals surface area contributed by atoms with Crippen LogP contribution in [0, 0.1) is 6.92 Å². The Balaban J connectivity index is 1.53. The van der Waals surface area contributed by atoms with E-state index in [1.807, 2.05) is 72.2 Å². The zero-order chi connectivity index (χ0) is 22.8. The van der Waals surface area contributed by atoms with Gasteiger partial charge in [-0.3, -0.25) is 9.36 Å². The molecule has 5 rings (SSSR count). The van der Waals surface area contributed by atoms with Gasteiger partial charge in [-0.2, -0.15) is 4.68 Å². The third-order valence-electron chi connectivity index (χ3n) is 5.22.